The molecule has 2 heterocycles. The second-order valence-electron chi connectivity index (χ2n) is 6.06. The SMILES string of the molecule is Cc1nc(N2CCOCC2(C)C)sc1CNC(C)C. The predicted octanol–water partition coefficient (Wildman–Crippen LogP) is 2.56. The second-order valence-corrected chi connectivity index (χ2v) is 7.12. The first-order valence-corrected chi connectivity index (χ1v) is 7.77. The summed E-state index contributed by atoms with van der Waals surface area (Å²) in [7, 11) is 0. The third-order valence-electron chi connectivity index (χ3n) is 3.43. The maximum Gasteiger partial charge on any atom is 0.186 e. The van der Waals surface area contributed by atoms with Crippen LogP contribution in [0.4, 0.5) is 5.13 Å². The lowest BCUT2D eigenvalue weighted by molar-refractivity contribution is 0.0643. The molecular weight excluding hydrogens is 258 g/mol. The summed E-state index contributed by atoms with van der Waals surface area (Å²) in [5, 5.41) is 4.60. The summed E-state index contributed by atoms with van der Waals surface area (Å²) in [5.74, 6) is 0. The lowest BCUT2D eigenvalue weighted by Crippen LogP contribution is -2.53. The number of morpholine rings is 1. The molecule has 0 spiro atoms. The Labute approximate surface area is 120 Å². The zero-order valence-electron chi connectivity index (χ0n) is 12.6. The Morgan fingerprint density at radius 1 is 1.47 bits per heavy atom. The van der Waals surface area contributed by atoms with Crippen molar-refractivity contribution in [3.63, 3.8) is 0 Å². The Morgan fingerprint density at radius 2 is 2.21 bits per heavy atom. The molecule has 1 N–H and O–H groups in total. The Bertz CT molecular complexity index is 428. The quantitative estimate of drug-likeness (QED) is 0.921. The molecular formula is C14H25N3OS. The summed E-state index contributed by atoms with van der Waals surface area (Å²) in [6.45, 7) is 14.3. The number of hydrogen-bond acceptors (Lipinski definition) is 5. The van der Waals surface area contributed by atoms with E-state index in [2.05, 4.69) is 44.8 Å². The molecule has 5 heteroatoms. The van der Waals surface area contributed by atoms with Crippen LogP contribution in [0.25, 0.3) is 0 Å². The van der Waals surface area contributed by atoms with E-state index in [0.29, 0.717) is 6.04 Å². The van der Waals surface area contributed by atoms with E-state index < -0.39 is 0 Å². The van der Waals surface area contributed by atoms with Gasteiger partial charge in [-0.05, 0) is 20.8 Å². The topological polar surface area (TPSA) is 37.4 Å². The molecule has 108 valence electrons. The van der Waals surface area contributed by atoms with Crippen molar-refractivity contribution >= 4 is 16.5 Å². The number of rotatable bonds is 4. The second kappa shape index (κ2) is 5.77. The Kier molecular flexibility index (Phi) is 4.48. The molecule has 0 atom stereocenters. The molecule has 0 bridgehead atoms. The third kappa shape index (κ3) is 3.46. The van der Waals surface area contributed by atoms with Gasteiger partial charge >= 0.3 is 0 Å². The largest absolute Gasteiger partial charge is 0.377 e. The Hall–Kier alpha value is -0.650. The third-order valence-corrected chi connectivity index (χ3v) is 4.61. The highest BCUT2D eigenvalue weighted by molar-refractivity contribution is 7.15. The Balaban J connectivity index is 2.14. The molecule has 2 rings (SSSR count). The van der Waals surface area contributed by atoms with Crippen LogP contribution in [0.2, 0.25) is 0 Å². The average Bonchev–Trinajstić information content (AvgIpc) is 2.67. The van der Waals surface area contributed by atoms with E-state index in [1.54, 1.807) is 0 Å². The van der Waals surface area contributed by atoms with Gasteiger partial charge in [0.25, 0.3) is 0 Å². The normalized spacial score (nSPS) is 19.2. The Morgan fingerprint density at radius 3 is 2.84 bits per heavy atom. The number of aryl methyl sites for hydroxylation is 1. The maximum absolute atomic E-state index is 5.58. The first-order valence-electron chi connectivity index (χ1n) is 6.95. The van der Waals surface area contributed by atoms with Gasteiger partial charge in [0.1, 0.15) is 0 Å². The molecule has 0 amide bonds. The van der Waals surface area contributed by atoms with E-state index in [-0.39, 0.29) is 5.54 Å². The smallest absolute Gasteiger partial charge is 0.186 e. The fourth-order valence-electron chi connectivity index (χ4n) is 2.20. The van der Waals surface area contributed by atoms with Crippen molar-refractivity contribution in [1.82, 2.24) is 10.3 Å². The molecule has 1 aromatic heterocycles. The molecule has 4 nitrogen and oxygen atoms in total. The summed E-state index contributed by atoms with van der Waals surface area (Å²) >= 11 is 1.81. The van der Waals surface area contributed by atoms with Crippen LogP contribution in [0.15, 0.2) is 0 Å². The molecule has 0 saturated carbocycles. The molecule has 19 heavy (non-hydrogen) atoms. The lowest BCUT2D eigenvalue weighted by Gasteiger charge is -2.42. The van der Waals surface area contributed by atoms with Crippen molar-refractivity contribution < 1.29 is 4.74 Å². The highest BCUT2D eigenvalue weighted by atomic mass is 32.1. The number of nitrogens with zero attached hydrogens (tertiary/aromatic N) is 2. The van der Waals surface area contributed by atoms with Gasteiger partial charge in [-0.15, -0.1) is 11.3 Å². The van der Waals surface area contributed by atoms with Crippen LogP contribution in [0.1, 0.15) is 38.3 Å². The van der Waals surface area contributed by atoms with E-state index in [9.17, 15) is 0 Å². The van der Waals surface area contributed by atoms with E-state index in [1.807, 2.05) is 11.3 Å². The van der Waals surface area contributed by atoms with Crippen molar-refractivity contribution in [2.24, 2.45) is 0 Å². The van der Waals surface area contributed by atoms with Crippen molar-refractivity contribution in [3.05, 3.63) is 10.6 Å². The van der Waals surface area contributed by atoms with Crippen molar-refractivity contribution in [1.29, 1.82) is 0 Å². The molecule has 1 aliphatic heterocycles. The summed E-state index contributed by atoms with van der Waals surface area (Å²) in [6, 6.07) is 0.504. The lowest BCUT2D eigenvalue weighted by atomic mass is 10.0. The number of ether oxygens (including phenoxy) is 1. The number of nitrogens with one attached hydrogen (secondary N) is 1. The fraction of sp³-hybridized carbons (Fsp3) is 0.786. The van der Waals surface area contributed by atoms with Gasteiger partial charge in [-0.3, -0.25) is 0 Å². The summed E-state index contributed by atoms with van der Waals surface area (Å²) < 4.78 is 5.58. The predicted molar refractivity (Wildman–Crippen MR) is 81.1 cm³/mol. The van der Waals surface area contributed by atoms with Gasteiger partial charge in [0.15, 0.2) is 5.13 Å². The zero-order chi connectivity index (χ0) is 14.0. The standard InChI is InChI=1S/C14H25N3OS/c1-10(2)15-8-12-11(3)16-13(19-12)17-6-7-18-9-14(17,4)5/h10,15H,6-9H2,1-5H3. The number of anilines is 1. The van der Waals surface area contributed by atoms with Gasteiger partial charge in [-0.2, -0.15) is 0 Å². The van der Waals surface area contributed by atoms with Gasteiger partial charge in [0.05, 0.1) is 24.4 Å². The monoisotopic (exact) mass is 283 g/mol. The van der Waals surface area contributed by atoms with Crippen LogP contribution < -0.4 is 10.2 Å². The highest BCUT2D eigenvalue weighted by Crippen LogP contribution is 2.32. The van der Waals surface area contributed by atoms with Gasteiger partial charge in [0.2, 0.25) is 0 Å². The minimum absolute atomic E-state index is 0.0330. The molecule has 0 radical (unpaired) electrons. The molecule has 1 aromatic rings. The summed E-state index contributed by atoms with van der Waals surface area (Å²) in [6.07, 6.45) is 0. The maximum atomic E-state index is 5.58. The summed E-state index contributed by atoms with van der Waals surface area (Å²) in [5.41, 5.74) is 1.18. The molecule has 1 saturated heterocycles. The molecule has 0 aromatic carbocycles. The van der Waals surface area contributed by atoms with Crippen LogP contribution in [0.5, 0.6) is 0 Å². The van der Waals surface area contributed by atoms with Crippen LogP contribution in [-0.2, 0) is 11.3 Å². The van der Waals surface area contributed by atoms with Crippen molar-refractivity contribution in [3.8, 4) is 0 Å². The number of aromatic nitrogens is 1. The van der Waals surface area contributed by atoms with Crippen molar-refractivity contribution in [2.45, 2.75) is 52.7 Å². The zero-order valence-corrected chi connectivity index (χ0v) is 13.4. The molecule has 1 fully saturated rings. The summed E-state index contributed by atoms with van der Waals surface area (Å²) in [4.78, 5) is 8.48. The van der Waals surface area contributed by atoms with E-state index >= 15 is 0 Å². The van der Waals surface area contributed by atoms with Crippen molar-refractivity contribution in [2.75, 3.05) is 24.7 Å². The van der Waals surface area contributed by atoms with Gasteiger partial charge in [0, 0.05) is 24.0 Å². The molecule has 1 aliphatic rings. The minimum Gasteiger partial charge on any atom is -0.377 e. The number of hydrogen-bond donors (Lipinski definition) is 1. The first kappa shape index (κ1) is 14.8. The van der Waals surface area contributed by atoms with E-state index in [1.165, 1.54) is 4.88 Å². The average molecular weight is 283 g/mol. The first-order chi connectivity index (χ1) is 8.90. The van der Waals surface area contributed by atoms with Crippen LogP contribution >= 0.6 is 11.3 Å². The molecule has 0 aliphatic carbocycles. The number of thiazole rings is 1. The van der Waals surface area contributed by atoms with E-state index in [0.717, 1.165) is 37.1 Å². The van der Waals surface area contributed by atoms with Crippen LogP contribution in [0, 0.1) is 6.92 Å². The minimum atomic E-state index is 0.0330. The van der Waals surface area contributed by atoms with Gasteiger partial charge in [-0.25, -0.2) is 4.98 Å². The van der Waals surface area contributed by atoms with Gasteiger partial charge in [-0.1, -0.05) is 13.8 Å². The van der Waals surface area contributed by atoms with E-state index in [4.69, 9.17) is 9.72 Å². The van der Waals surface area contributed by atoms with Crippen LogP contribution in [0.3, 0.4) is 0 Å². The fourth-order valence-corrected chi connectivity index (χ4v) is 3.40. The van der Waals surface area contributed by atoms with Crippen LogP contribution in [-0.4, -0.2) is 36.3 Å². The van der Waals surface area contributed by atoms with Gasteiger partial charge < -0.3 is 15.0 Å². The molecule has 0 unspecified atom stereocenters. The highest BCUT2D eigenvalue weighted by Gasteiger charge is 2.32.